The third-order valence-corrected chi connectivity index (χ3v) is 4.80. The topological polar surface area (TPSA) is 66.5 Å². The monoisotopic (exact) mass is 264 g/mol. The molecule has 2 aliphatic carbocycles. The van der Waals surface area contributed by atoms with E-state index in [0.29, 0.717) is 6.54 Å². The molecule has 5 nitrogen and oxygen atoms in total. The number of nitrogens with zero attached hydrogens (tertiary/aromatic N) is 1. The predicted molar refractivity (Wildman–Crippen MR) is 68.0 cm³/mol. The number of amides is 4. The third kappa shape index (κ3) is 2.26. The van der Waals surface area contributed by atoms with Gasteiger partial charge < -0.3 is 0 Å². The summed E-state index contributed by atoms with van der Waals surface area (Å²) in [6, 6.07) is -0.530. The van der Waals surface area contributed by atoms with Crippen LogP contribution in [-0.4, -0.2) is 29.3 Å². The van der Waals surface area contributed by atoms with Crippen molar-refractivity contribution in [2.45, 2.75) is 45.4 Å². The molecule has 0 bridgehead atoms. The highest BCUT2D eigenvalue weighted by molar-refractivity contribution is 6.16. The van der Waals surface area contributed by atoms with Gasteiger partial charge in [0.2, 0.25) is 11.8 Å². The van der Waals surface area contributed by atoms with Gasteiger partial charge in [-0.3, -0.25) is 19.8 Å². The molecule has 0 aromatic carbocycles. The average Bonchev–Trinajstić information content (AvgIpc) is 2.86. The van der Waals surface area contributed by atoms with Gasteiger partial charge in [-0.25, -0.2) is 4.79 Å². The molecule has 0 radical (unpaired) electrons. The molecule has 0 aromatic rings. The van der Waals surface area contributed by atoms with Gasteiger partial charge in [0.25, 0.3) is 0 Å². The average molecular weight is 264 g/mol. The minimum Gasteiger partial charge on any atom is -0.277 e. The first-order valence-corrected chi connectivity index (χ1v) is 7.16. The molecule has 2 saturated carbocycles. The lowest BCUT2D eigenvalue weighted by Gasteiger charge is -2.34. The summed E-state index contributed by atoms with van der Waals surface area (Å²) >= 11 is 0. The largest absolute Gasteiger partial charge is 0.330 e. The van der Waals surface area contributed by atoms with E-state index in [9.17, 15) is 14.4 Å². The van der Waals surface area contributed by atoms with Gasteiger partial charge in [0.05, 0.1) is 0 Å². The summed E-state index contributed by atoms with van der Waals surface area (Å²) in [5.74, 6) is -1.18. The summed E-state index contributed by atoms with van der Waals surface area (Å²) < 4.78 is 0. The quantitative estimate of drug-likeness (QED) is 0.788. The van der Waals surface area contributed by atoms with E-state index in [2.05, 4.69) is 12.2 Å². The SMILES string of the molecule is CC1(CN2C(=O)NC(=O)C(C3CCCC3)C2=O)CC1. The molecular weight excluding hydrogens is 244 g/mol. The van der Waals surface area contributed by atoms with E-state index in [1.807, 2.05) is 0 Å². The van der Waals surface area contributed by atoms with Crippen LogP contribution in [0.5, 0.6) is 0 Å². The maximum Gasteiger partial charge on any atom is 0.330 e. The molecule has 19 heavy (non-hydrogen) atoms. The second kappa shape index (κ2) is 4.32. The second-order valence-electron chi connectivity index (χ2n) is 6.55. The molecule has 5 heteroatoms. The van der Waals surface area contributed by atoms with Gasteiger partial charge in [0.1, 0.15) is 5.92 Å². The number of urea groups is 1. The number of carbonyl (C=O) groups is 3. The van der Waals surface area contributed by atoms with E-state index in [4.69, 9.17) is 0 Å². The number of imide groups is 2. The highest BCUT2D eigenvalue weighted by atomic mass is 16.2. The lowest BCUT2D eigenvalue weighted by atomic mass is 9.87. The molecule has 3 aliphatic rings. The van der Waals surface area contributed by atoms with Crippen molar-refractivity contribution in [1.82, 2.24) is 10.2 Å². The summed E-state index contributed by atoms with van der Waals surface area (Å²) in [5, 5.41) is 2.36. The molecule has 4 amide bonds. The van der Waals surface area contributed by atoms with Crippen LogP contribution in [0.15, 0.2) is 0 Å². The number of rotatable bonds is 3. The van der Waals surface area contributed by atoms with Crippen molar-refractivity contribution in [3.05, 3.63) is 0 Å². The number of barbiturate groups is 1. The maximum absolute atomic E-state index is 12.5. The molecule has 1 unspecified atom stereocenters. The zero-order valence-electron chi connectivity index (χ0n) is 11.3. The van der Waals surface area contributed by atoms with E-state index in [-0.39, 0.29) is 23.1 Å². The van der Waals surface area contributed by atoms with Crippen LogP contribution in [0.4, 0.5) is 4.79 Å². The second-order valence-corrected chi connectivity index (χ2v) is 6.55. The van der Waals surface area contributed by atoms with Crippen LogP contribution in [0, 0.1) is 17.3 Å². The first-order chi connectivity index (χ1) is 9.00. The van der Waals surface area contributed by atoms with Crippen molar-refractivity contribution < 1.29 is 14.4 Å². The van der Waals surface area contributed by atoms with Crippen LogP contribution >= 0.6 is 0 Å². The van der Waals surface area contributed by atoms with Crippen LogP contribution in [0.1, 0.15) is 45.4 Å². The van der Waals surface area contributed by atoms with Crippen molar-refractivity contribution in [1.29, 1.82) is 0 Å². The van der Waals surface area contributed by atoms with Gasteiger partial charge >= 0.3 is 6.03 Å². The molecule has 1 saturated heterocycles. The number of nitrogens with one attached hydrogen (secondary N) is 1. The van der Waals surface area contributed by atoms with Crippen LogP contribution < -0.4 is 5.32 Å². The molecule has 1 N–H and O–H groups in total. The highest BCUT2D eigenvalue weighted by Gasteiger charge is 2.49. The van der Waals surface area contributed by atoms with E-state index in [1.54, 1.807) is 0 Å². The Morgan fingerprint density at radius 3 is 2.42 bits per heavy atom. The van der Waals surface area contributed by atoms with Crippen molar-refractivity contribution in [2.75, 3.05) is 6.54 Å². The molecule has 104 valence electrons. The summed E-state index contributed by atoms with van der Waals surface area (Å²) in [6.45, 7) is 2.53. The van der Waals surface area contributed by atoms with E-state index >= 15 is 0 Å². The lowest BCUT2D eigenvalue weighted by Crippen LogP contribution is -2.60. The lowest BCUT2D eigenvalue weighted by molar-refractivity contribution is -0.145. The normalized spacial score (nSPS) is 30.7. The molecule has 0 aromatic heterocycles. The molecule has 1 aliphatic heterocycles. The Morgan fingerprint density at radius 2 is 1.84 bits per heavy atom. The van der Waals surface area contributed by atoms with Crippen LogP contribution in [0.2, 0.25) is 0 Å². The minimum atomic E-state index is -0.637. The Bertz CT molecular complexity index is 436. The van der Waals surface area contributed by atoms with E-state index < -0.39 is 11.9 Å². The van der Waals surface area contributed by atoms with Gasteiger partial charge in [-0.2, -0.15) is 0 Å². The van der Waals surface area contributed by atoms with Gasteiger partial charge in [0, 0.05) is 6.54 Å². The smallest absolute Gasteiger partial charge is 0.277 e. The number of hydrogen-bond acceptors (Lipinski definition) is 3. The fraction of sp³-hybridized carbons (Fsp3) is 0.786. The maximum atomic E-state index is 12.5. The van der Waals surface area contributed by atoms with E-state index in [1.165, 1.54) is 4.90 Å². The Morgan fingerprint density at radius 1 is 1.21 bits per heavy atom. The van der Waals surface area contributed by atoms with Gasteiger partial charge in [-0.1, -0.05) is 19.8 Å². The molecule has 0 spiro atoms. The predicted octanol–water partition coefficient (Wildman–Crippen LogP) is 1.67. The number of carbonyl (C=O) groups excluding carboxylic acids is 3. The van der Waals surface area contributed by atoms with Crippen LogP contribution in [0.25, 0.3) is 0 Å². The van der Waals surface area contributed by atoms with Crippen LogP contribution in [0.3, 0.4) is 0 Å². The first kappa shape index (κ1) is 12.6. The van der Waals surface area contributed by atoms with Gasteiger partial charge in [-0.05, 0) is 37.0 Å². The van der Waals surface area contributed by atoms with Crippen molar-refractivity contribution >= 4 is 17.8 Å². The fourth-order valence-electron chi connectivity index (χ4n) is 3.24. The molecule has 3 fully saturated rings. The van der Waals surface area contributed by atoms with Crippen molar-refractivity contribution in [3.63, 3.8) is 0 Å². The summed E-state index contributed by atoms with van der Waals surface area (Å²) in [6.07, 6.45) is 6.09. The molecular formula is C14H20N2O3. The van der Waals surface area contributed by atoms with Crippen molar-refractivity contribution in [2.24, 2.45) is 17.3 Å². The van der Waals surface area contributed by atoms with Crippen LogP contribution in [-0.2, 0) is 9.59 Å². The minimum absolute atomic E-state index is 0.0770. The zero-order chi connectivity index (χ0) is 13.6. The first-order valence-electron chi connectivity index (χ1n) is 7.16. The number of hydrogen-bond donors (Lipinski definition) is 1. The third-order valence-electron chi connectivity index (χ3n) is 4.80. The molecule has 1 atom stereocenters. The molecule has 3 rings (SSSR count). The Labute approximate surface area is 112 Å². The van der Waals surface area contributed by atoms with Gasteiger partial charge in [-0.15, -0.1) is 0 Å². The molecule has 1 heterocycles. The van der Waals surface area contributed by atoms with Gasteiger partial charge in [0.15, 0.2) is 0 Å². The summed E-state index contributed by atoms with van der Waals surface area (Å²) in [5.41, 5.74) is 0.0770. The summed E-state index contributed by atoms with van der Waals surface area (Å²) in [7, 11) is 0. The highest BCUT2D eigenvalue weighted by Crippen LogP contribution is 2.46. The summed E-state index contributed by atoms with van der Waals surface area (Å²) in [4.78, 5) is 37.6. The Balaban J connectivity index is 1.78. The van der Waals surface area contributed by atoms with Crippen molar-refractivity contribution in [3.8, 4) is 0 Å². The van der Waals surface area contributed by atoms with E-state index in [0.717, 1.165) is 38.5 Å². The Hall–Kier alpha value is -1.39. The Kier molecular flexibility index (Phi) is 2.87. The standard InChI is InChI=1S/C14H20N2O3/c1-14(6-7-14)8-16-12(18)10(9-4-2-3-5-9)11(17)15-13(16)19/h9-10H,2-8H2,1H3,(H,15,17,19). The fourth-order valence-corrected chi connectivity index (χ4v) is 3.24. The zero-order valence-corrected chi connectivity index (χ0v) is 11.3.